The van der Waals surface area contributed by atoms with E-state index in [1.807, 2.05) is 0 Å². The minimum Gasteiger partial charge on any atom is -0.497 e. The van der Waals surface area contributed by atoms with Gasteiger partial charge in [-0.25, -0.2) is 4.39 Å². The summed E-state index contributed by atoms with van der Waals surface area (Å²) in [4.78, 5) is 24.5. The molecule has 1 heterocycles. The molecule has 0 radical (unpaired) electrons. The zero-order valence-corrected chi connectivity index (χ0v) is 13.4. The number of benzene rings is 2. The summed E-state index contributed by atoms with van der Waals surface area (Å²) < 4.78 is 19.0. The van der Waals surface area contributed by atoms with Gasteiger partial charge in [0.25, 0.3) is 11.8 Å². The zero-order valence-electron chi connectivity index (χ0n) is 12.6. The second-order valence-electron chi connectivity index (χ2n) is 4.93. The average molecular weight is 344 g/mol. The van der Waals surface area contributed by atoms with Crippen molar-refractivity contribution < 1.29 is 18.7 Å². The van der Waals surface area contributed by atoms with Crippen LogP contribution in [0.4, 0.5) is 4.39 Å². The maximum absolute atomic E-state index is 13.2. The Morgan fingerprint density at radius 3 is 2.42 bits per heavy atom. The van der Waals surface area contributed by atoms with E-state index in [2.05, 4.69) is 10.9 Å². The monoisotopic (exact) mass is 344 g/mol. The second kappa shape index (κ2) is 6.67. The van der Waals surface area contributed by atoms with E-state index in [1.54, 1.807) is 36.4 Å². The highest BCUT2D eigenvalue weighted by Crippen LogP contribution is 2.26. The first kappa shape index (κ1) is 15.9. The molecule has 3 aromatic rings. The molecule has 0 spiro atoms. The van der Waals surface area contributed by atoms with Gasteiger partial charge in [0, 0.05) is 10.3 Å². The third-order valence-corrected chi connectivity index (χ3v) is 4.46. The largest absolute Gasteiger partial charge is 0.497 e. The van der Waals surface area contributed by atoms with Crippen LogP contribution in [0.1, 0.15) is 20.0 Å². The van der Waals surface area contributed by atoms with Crippen LogP contribution in [0.5, 0.6) is 5.75 Å². The number of hydrogen-bond donors (Lipinski definition) is 2. The van der Waals surface area contributed by atoms with E-state index in [9.17, 15) is 14.0 Å². The summed E-state index contributed by atoms with van der Waals surface area (Å²) in [7, 11) is 1.53. The van der Waals surface area contributed by atoms with Crippen molar-refractivity contribution in [2.75, 3.05) is 7.11 Å². The van der Waals surface area contributed by atoms with E-state index in [4.69, 9.17) is 4.74 Å². The Balaban J connectivity index is 1.66. The van der Waals surface area contributed by atoms with E-state index in [0.717, 1.165) is 4.70 Å². The molecular formula is C17H13FN2O3S. The van der Waals surface area contributed by atoms with Crippen molar-refractivity contribution in [1.29, 1.82) is 0 Å². The predicted octanol–water partition coefficient (Wildman–Crippen LogP) is 3.12. The lowest BCUT2D eigenvalue weighted by Crippen LogP contribution is -2.41. The molecule has 1 aromatic heterocycles. The standard InChI is InChI=1S/C17H13FN2O3S/c1-23-13-5-2-10(3-6-13)16(21)19-20-17(22)15-9-11-8-12(18)4-7-14(11)24-15/h2-9H,1H3,(H,19,21)(H,20,22). The van der Waals surface area contributed by atoms with Gasteiger partial charge in [-0.1, -0.05) is 0 Å². The summed E-state index contributed by atoms with van der Waals surface area (Å²) in [6.45, 7) is 0. The lowest BCUT2D eigenvalue weighted by Gasteiger charge is -2.06. The van der Waals surface area contributed by atoms with Crippen molar-refractivity contribution in [1.82, 2.24) is 10.9 Å². The summed E-state index contributed by atoms with van der Waals surface area (Å²) in [6, 6.07) is 12.4. The molecule has 2 amide bonds. The Hall–Kier alpha value is -2.93. The first-order valence-corrected chi connectivity index (χ1v) is 7.82. The van der Waals surface area contributed by atoms with Crippen LogP contribution in [0.25, 0.3) is 10.1 Å². The van der Waals surface area contributed by atoms with E-state index in [0.29, 0.717) is 21.6 Å². The number of carbonyl (C=O) groups is 2. The lowest BCUT2D eigenvalue weighted by atomic mass is 10.2. The molecule has 122 valence electrons. The van der Waals surface area contributed by atoms with Crippen LogP contribution >= 0.6 is 11.3 Å². The Kier molecular flexibility index (Phi) is 4.43. The Morgan fingerprint density at radius 1 is 1.00 bits per heavy atom. The summed E-state index contributed by atoms with van der Waals surface area (Å²) in [6.07, 6.45) is 0. The molecule has 2 aromatic carbocycles. The van der Waals surface area contributed by atoms with Crippen LogP contribution in [-0.2, 0) is 0 Å². The minimum atomic E-state index is -0.460. The van der Waals surface area contributed by atoms with Crippen molar-refractivity contribution in [2.45, 2.75) is 0 Å². The lowest BCUT2D eigenvalue weighted by molar-refractivity contribution is 0.0849. The number of rotatable bonds is 3. The van der Waals surface area contributed by atoms with Crippen molar-refractivity contribution in [2.24, 2.45) is 0 Å². The first-order chi connectivity index (χ1) is 11.6. The fourth-order valence-electron chi connectivity index (χ4n) is 2.12. The predicted molar refractivity (Wildman–Crippen MR) is 89.7 cm³/mol. The van der Waals surface area contributed by atoms with Crippen LogP contribution in [0.2, 0.25) is 0 Å². The quantitative estimate of drug-likeness (QED) is 0.718. The van der Waals surface area contributed by atoms with Crippen molar-refractivity contribution in [3.63, 3.8) is 0 Å². The minimum absolute atomic E-state index is 0.361. The number of ether oxygens (including phenoxy) is 1. The van der Waals surface area contributed by atoms with Crippen LogP contribution in [-0.4, -0.2) is 18.9 Å². The Bertz CT molecular complexity index is 906. The molecule has 2 N–H and O–H groups in total. The van der Waals surface area contributed by atoms with Crippen LogP contribution in [0.15, 0.2) is 48.5 Å². The molecule has 0 fully saturated rings. The average Bonchev–Trinajstić information content (AvgIpc) is 3.02. The first-order valence-electron chi connectivity index (χ1n) is 7.00. The number of thiophene rings is 1. The third kappa shape index (κ3) is 3.36. The number of nitrogens with one attached hydrogen (secondary N) is 2. The highest BCUT2D eigenvalue weighted by atomic mass is 32.1. The van der Waals surface area contributed by atoms with Gasteiger partial charge in [-0.05, 0) is 53.9 Å². The molecule has 5 nitrogen and oxygen atoms in total. The normalized spacial score (nSPS) is 10.4. The Morgan fingerprint density at radius 2 is 1.71 bits per heavy atom. The maximum Gasteiger partial charge on any atom is 0.279 e. The van der Waals surface area contributed by atoms with E-state index in [-0.39, 0.29) is 5.82 Å². The number of hydrazine groups is 1. The molecule has 7 heteroatoms. The summed E-state index contributed by atoms with van der Waals surface area (Å²) >= 11 is 1.22. The van der Waals surface area contributed by atoms with E-state index in [1.165, 1.54) is 30.6 Å². The van der Waals surface area contributed by atoms with Crippen molar-refractivity contribution >= 4 is 33.2 Å². The molecule has 3 rings (SSSR count). The van der Waals surface area contributed by atoms with Crippen molar-refractivity contribution in [3.05, 3.63) is 64.8 Å². The number of methoxy groups -OCH3 is 1. The van der Waals surface area contributed by atoms with Crippen LogP contribution < -0.4 is 15.6 Å². The second-order valence-corrected chi connectivity index (χ2v) is 6.01. The zero-order chi connectivity index (χ0) is 17.1. The van der Waals surface area contributed by atoms with Crippen LogP contribution in [0.3, 0.4) is 0 Å². The molecule has 0 bridgehead atoms. The van der Waals surface area contributed by atoms with Gasteiger partial charge in [0.1, 0.15) is 11.6 Å². The molecule has 0 atom stereocenters. The molecule has 0 saturated heterocycles. The maximum atomic E-state index is 13.2. The number of amides is 2. The van der Waals surface area contributed by atoms with Gasteiger partial charge in [0.2, 0.25) is 0 Å². The molecule has 0 saturated carbocycles. The SMILES string of the molecule is COc1ccc(C(=O)NNC(=O)c2cc3cc(F)ccc3s2)cc1. The molecule has 0 aliphatic rings. The molecule has 24 heavy (non-hydrogen) atoms. The molecule has 0 aliphatic heterocycles. The smallest absolute Gasteiger partial charge is 0.279 e. The van der Waals surface area contributed by atoms with Crippen molar-refractivity contribution in [3.8, 4) is 5.75 Å². The third-order valence-electron chi connectivity index (χ3n) is 3.34. The molecule has 0 unspecified atom stereocenters. The van der Waals surface area contributed by atoms with Gasteiger partial charge in [-0.3, -0.25) is 20.4 Å². The fourth-order valence-corrected chi connectivity index (χ4v) is 3.05. The van der Waals surface area contributed by atoms with Gasteiger partial charge in [-0.2, -0.15) is 0 Å². The van der Waals surface area contributed by atoms with E-state index < -0.39 is 11.8 Å². The van der Waals surface area contributed by atoms with Gasteiger partial charge in [0.05, 0.1) is 12.0 Å². The highest BCUT2D eigenvalue weighted by Gasteiger charge is 2.12. The van der Waals surface area contributed by atoms with Gasteiger partial charge >= 0.3 is 0 Å². The number of fused-ring (bicyclic) bond motifs is 1. The van der Waals surface area contributed by atoms with Gasteiger partial charge in [0.15, 0.2) is 0 Å². The summed E-state index contributed by atoms with van der Waals surface area (Å²) in [5.74, 6) is -0.634. The topological polar surface area (TPSA) is 67.4 Å². The fraction of sp³-hybridized carbons (Fsp3) is 0.0588. The summed E-state index contributed by atoms with van der Waals surface area (Å²) in [5.41, 5.74) is 5.08. The van der Waals surface area contributed by atoms with Crippen LogP contribution in [0, 0.1) is 5.82 Å². The van der Waals surface area contributed by atoms with Gasteiger partial charge in [-0.15, -0.1) is 11.3 Å². The highest BCUT2D eigenvalue weighted by molar-refractivity contribution is 7.20. The number of hydrogen-bond acceptors (Lipinski definition) is 4. The number of halogens is 1. The number of carbonyl (C=O) groups excluding carboxylic acids is 2. The molecule has 0 aliphatic carbocycles. The summed E-state index contributed by atoms with van der Waals surface area (Å²) in [5, 5.41) is 0.645. The van der Waals surface area contributed by atoms with E-state index >= 15 is 0 Å². The van der Waals surface area contributed by atoms with Gasteiger partial charge < -0.3 is 4.74 Å². The molecular weight excluding hydrogens is 331 g/mol. The Labute approximate surface area is 141 Å².